The molecule has 1 aromatic heterocycles. The van der Waals surface area contributed by atoms with Gasteiger partial charge in [-0.05, 0) is 45.6 Å². The van der Waals surface area contributed by atoms with Gasteiger partial charge in [-0.2, -0.15) is 0 Å². The summed E-state index contributed by atoms with van der Waals surface area (Å²) in [6.07, 6.45) is 4.52. The number of para-hydroxylation sites is 1. The Bertz CT molecular complexity index is 973. The van der Waals surface area contributed by atoms with Gasteiger partial charge in [0.1, 0.15) is 17.4 Å². The van der Waals surface area contributed by atoms with Crippen molar-refractivity contribution in [3.8, 4) is 17.1 Å². The zero-order chi connectivity index (χ0) is 21.5. The number of aromatic nitrogens is 2. The van der Waals surface area contributed by atoms with Crippen LogP contribution in [0.1, 0.15) is 49.9 Å². The van der Waals surface area contributed by atoms with Crippen LogP contribution in [-0.2, 0) is 11.3 Å². The van der Waals surface area contributed by atoms with Gasteiger partial charge in [0.2, 0.25) is 0 Å². The number of benzene rings is 2. The molecule has 3 rings (SSSR count). The van der Waals surface area contributed by atoms with Crippen molar-refractivity contribution in [2.45, 2.75) is 53.5 Å². The molecule has 0 saturated heterocycles. The lowest BCUT2D eigenvalue weighted by Crippen LogP contribution is -2.08. The van der Waals surface area contributed by atoms with Gasteiger partial charge in [-0.25, -0.2) is 4.98 Å². The number of nitrogens with zero attached hydrogens (tertiary/aromatic N) is 2. The van der Waals surface area contributed by atoms with Crippen molar-refractivity contribution in [1.82, 2.24) is 9.55 Å². The number of hydrogen-bond donors (Lipinski definition) is 0. The van der Waals surface area contributed by atoms with Gasteiger partial charge in [-0.1, -0.05) is 55.0 Å². The van der Waals surface area contributed by atoms with Crippen molar-refractivity contribution < 1.29 is 9.53 Å². The van der Waals surface area contributed by atoms with Crippen LogP contribution in [0.3, 0.4) is 0 Å². The Labute approximate surface area is 179 Å². The van der Waals surface area contributed by atoms with E-state index in [1.165, 1.54) is 5.56 Å². The Morgan fingerprint density at radius 2 is 1.83 bits per heavy atom. The van der Waals surface area contributed by atoms with E-state index in [1.54, 1.807) is 6.92 Å². The van der Waals surface area contributed by atoms with Crippen molar-refractivity contribution in [2.24, 2.45) is 5.92 Å². The highest BCUT2D eigenvalue weighted by Gasteiger charge is 2.12. The van der Waals surface area contributed by atoms with Crippen molar-refractivity contribution in [1.29, 1.82) is 0 Å². The molecular weight excluding hydrogens is 372 g/mol. The fourth-order valence-corrected chi connectivity index (χ4v) is 3.75. The number of carbonyl (C=O) groups is 1. The van der Waals surface area contributed by atoms with Crippen molar-refractivity contribution in [2.75, 3.05) is 6.61 Å². The topological polar surface area (TPSA) is 44.1 Å². The normalized spacial score (nSPS) is 12.0. The quantitative estimate of drug-likeness (QED) is 0.390. The monoisotopic (exact) mass is 404 g/mol. The molecular formula is C26H32N2O2. The van der Waals surface area contributed by atoms with Crippen LogP contribution in [0, 0.1) is 19.8 Å². The Hall–Kier alpha value is -2.88. The van der Waals surface area contributed by atoms with Crippen LogP contribution in [0.4, 0.5) is 0 Å². The second kappa shape index (κ2) is 10.2. The molecule has 3 aromatic rings. The molecule has 0 radical (unpaired) electrons. The number of carbonyl (C=O) groups excluding carboxylic acids is 1. The van der Waals surface area contributed by atoms with Gasteiger partial charge in [-0.3, -0.25) is 0 Å². The molecule has 0 N–H and O–H groups in total. The first-order valence-corrected chi connectivity index (χ1v) is 10.7. The minimum atomic E-state index is 0.258. The van der Waals surface area contributed by atoms with Gasteiger partial charge in [-0.15, -0.1) is 0 Å². The SMILES string of the molecule is CC(=O)C[C@H](C)CCCOc1ccccc1Cn1c(C)cnc1-c1ccc(C)cc1. The standard InChI is InChI=1S/C26H32N2O2/c1-19-11-13-23(14-12-19)26-27-17-21(3)28(26)18-24-9-5-6-10-25(24)30-15-7-8-20(2)16-22(4)29/h5-6,9-14,17,20H,7-8,15-16,18H2,1-4H3/t20-/m1/s1. The van der Waals surface area contributed by atoms with E-state index in [2.05, 4.69) is 66.7 Å². The molecule has 158 valence electrons. The summed E-state index contributed by atoms with van der Waals surface area (Å²) in [5.41, 5.74) is 4.62. The summed E-state index contributed by atoms with van der Waals surface area (Å²) < 4.78 is 8.36. The van der Waals surface area contributed by atoms with E-state index in [1.807, 2.05) is 18.3 Å². The Morgan fingerprint density at radius 1 is 1.10 bits per heavy atom. The third-order valence-electron chi connectivity index (χ3n) is 5.40. The lowest BCUT2D eigenvalue weighted by atomic mass is 10.00. The number of aryl methyl sites for hydroxylation is 2. The van der Waals surface area contributed by atoms with E-state index in [0.717, 1.165) is 41.2 Å². The molecule has 0 unspecified atom stereocenters. The van der Waals surface area contributed by atoms with E-state index in [9.17, 15) is 4.79 Å². The predicted molar refractivity (Wildman–Crippen MR) is 122 cm³/mol. The molecule has 0 aliphatic carbocycles. The zero-order valence-corrected chi connectivity index (χ0v) is 18.5. The summed E-state index contributed by atoms with van der Waals surface area (Å²) in [5, 5.41) is 0. The summed E-state index contributed by atoms with van der Waals surface area (Å²) in [6, 6.07) is 16.7. The molecule has 0 fully saturated rings. The lowest BCUT2D eigenvalue weighted by molar-refractivity contribution is -0.117. The molecule has 0 aliphatic rings. The van der Waals surface area contributed by atoms with Crippen LogP contribution in [0.5, 0.6) is 5.75 Å². The maximum Gasteiger partial charge on any atom is 0.140 e. The largest absolute Gasteiger partial charge is 0.493 e. The summed E-state index contributed by atoms with van der Waals surface area (Å²) in [5.74, 6) is 2.56. The molecule has 1 atom stereocenters. The van der Waals surface area contributed by atoms with Gasteiger partial charge in [0.25, 0.3) is 0 Å². The molecule has 1 heterocycles. The molecule has 2 aromatic carbocycles. The average molecular weight is 405 g/mol. The summed E-state index contributed by atoms with van der Waals surface area (Å²) >= 11 is 0. The fraction of sp³-hybridized carbons (Fsp3) is 0.385. The summed E-state index contributed by atoms with van der Waals surface area (Å²) in [6.45, 7) is 9.34. The van der Waals surface area contributed by atoms with Crippen LogP contribution in [-0.4, -0.2) is 21.9 Å². The number of Topliss-reactive ketones (excluding diaryl/α,β-unsaturated/α-hetero) is 1. The maximum absolute atomic E-state index is 11.2. The average Bonchev–Trinajstić information content (AvgIpc) is 3.07. The highest BCUT2D eigenvalue weighted by Crippen LogP contribution is 2.25. The molecule has 4 heteroatoms. The molecule has 0 saturated carbocycles. The Balaban J connectivity index is 1.69. The number of imidazole rings is 1. The molecule has 30 heavy (non-hydrogen) atoms. The highest BCUT2D eigenvalue weighted by atomic mass is 16.5. The second-order valence-corrected chi connectivity index (χ2v) is 8.29. The van der Waals surface area contributed by atoms with Gasteiger partial charge in [0.15, 0.2) is 0 Å². The first-order chi connectivity index (χ1) is 14.4. The molecule has 4 nitrogen and oxygen atoms in total. The van der Waals surface area contributed by atoms with E-state index < -0.39 is 0 Å². The van der Waals surface area contributed by atoms with Crippen molar-refractivity contribution >= 4 is 5.78 Å². The van der Waals surface area contributed by atoms with Crippen LogP contribution in [0.15, 0.2) is 54.7 Å². The van der Waals surface area contributed by atoms with E-state index in [4.69, 9.17) is 4.74 Å². The Morgan fingerprint density at radius 3 is 2.57 bits per heavy atom. The summed E-state index contributed by atoms with van der Waals surface area (Å²) in [4.78, 5) is 15.9. The van der Waals surface area contributed by atoms with Gasteiger partial charge >= 0.3 is 0 Å². The maximum atomic E-state index is 11.2. The number of rotatable bonds is 10. The van der Waals surface area contributed by atoms with Crippen LogP contribution in [0.2, 0.25) is 0 Å². The fourth-order valence-electron chi connectivity index (χ4n) is 3.75. The molecule has 0 amide bonds. The highest BCUT2D eigenvalue weighted by molar-refractivity contribution is 5.75. The summed E-state index contributed by atoms with van der Waals surface area (Å²) in [7, 11) is 0. The smallest absolute Gasteiger partial charge is 0.140 e. The minimum Gasteiger partial charge on any atom is -0.493 e. The Kier molecular flexibility index (Phi) is 7.45. The van der Waals surface area contributed by atoms with E-state index in [0.29, 0.717) is 25.5 Å². The first-order valence-electron chi connectivity index (χ1n) is 10.7. The third kappa shape index (κ3) is 5.82. The lowest BCUT2D eigenvalue weighted by Gasteiger charge is -2.15. The van der Waals surface area contributed by atoms with Gasteiger partial charge in [0, 0.05) is 29.4 Å². The predicted octanol–water partition coefficient (Wildman–Crippen LogP) is 5.99. The number of ether oxygens (including phenoxy) is 1. The molecule has 0 bridgehead atoms. The first kappa shape index (κ1) is 21.8. The molecule has 0 aliphatic heterocycles. The zero-order valence-electron chi connectivity index (χ0n) is 18.5. The van der Waals surface area contributed by atoms with Crippen molar-refractivity contribution in [3.63, 3.8) is 0 Å². The van der Waals surface area contributed by atoms with Crippen LogP contribution < -0.4 is 4.74 Å². The second-order valence-electron chi connectivity index (χ2n) is 8.29. The van der Waals surface area contributed by atoms with Crippen molar-refractivity contribution in [3.05, 3.63) is 71.5 Å². The van der Waals surface area contributed by atoms with E-state index in [-0.39, 0.29) is 5.78 Å². The third-order valence-corrected chi connectivity index (χ3v) is 5.40. The van der Waals surface area contributed by atoms with Crippen LogP contribution in [0.25, 0.3) is 11.4 Å². The number of hydrogen-bond acceptors (Lipinski definition) is 3. The molecule has 0 spiro atoms. The van der Waals surface area contributed by atoms with E-state index >= 15 is 0 Å². The minimum absolute atomic E-state index is 0.258. The number of ketones is 1. The van der Waals surface area contributed by atoms with Gasteiger partial charge in [0.05, 0.1) is 13.2 Å². The van der Waals surface area contributed by atoms with Crippen LogP contribution >= 0.6 is 0 Å². The van der Waals surface area contributed by atoms with Gasteiger partial charge < -0.3 is 14.1 Å².